The molecule has 0 radical (unpaired) electrons. The van der Waals surface area contributed by atoms with E-state index in [4.69, 9.17) is 9.47 Å². The van der Waals surface area contributed by atoms with Crippen LogP contribution in [0, 0.1) is 0 Å². The minimum absolute atomic E-state index is 0.160. The summed E-state index contributed by atoms with van der Waals surface area (Å²) in [7, 11) is 1.59. The molecule has 1 aromatic heterocycles. The highest BCUT2D eigenvalue weighted by atomic mass is 16.5. The largest absolute Gasteiger partial charge is 0.496 e. The first-order valence-corrected chi connectivity index (χ1v) is 6.50. The highest BCUT2D eigenvalue weighted by Gasteiger charge is 2.13. The second-order valence-electron chi connectivity index (χ2n) is 4.53. The maximum Gasteiger partial charge on any atom is 0.340 e. The molecule has 5 heteroatoms. The Morgan fingerprint density at radius 3 is 2.90 bits per heavy atom. The van der Waals surface area contributed by atoms with Crippen LogP contribution in [0.4, 0.5) is 0 Å². The summed E-state index contributed by atoms with van der Waals surface area (Å²) in [5.74, 6) is 0.306. The molecule has 1 heterocycles. The van der Waals surface area contributed by atoms with Gasteiger partial charge in [-0.15, -0.1) is 0 Å². The van der Waals surface area contributed by atoms with Gasteiger partial charge in [0.1, 0.15) is 12.4 Å². The summed E-state index contributed by atoms with van der Waals surface area (Å²) in [5, 5.41) is 7.63. The lowest BCUT2D eigenvalue weighted by Crippen LogP contribution is -2.06. The second-order valence-corrected chi connectivity index (χ2v) is 4.53. The van der Waals surface area contributed by atoms with Gasteiger partial charge < -0.3 is 9.47 Å². The van der Waals surface area contributed by atoms with Crippen molar-refractivity contribution in [3.05, 3.63) is 59.8 Å². The molecule has 3 aromatic rings. The zero-order chi connectivity index (χ0) is 14.7. The van der Waals surface area contributed by atoms with Crippen molar-refractivity contribution < 1.29 is 14.3 Å². The lowest BCUT2D eigenvalue weighted by Gasteiger charge is -2.09. The van der Waals surface area contributed by atoms with Crippen molar-refractivity contribution in [2.75, 3.05) is 7.11 Å². The Morgan fingerprint density at radius 2 is 2.05 bits per heavy atom. The Labute approximate surface area is 121 Å². The Morgan fingerprint density at radius 1 is 1.19 bits per heavy atom. The number of hydrogen-bond acceptors (Lipinski definition) is 4. The van der Waals surface area contributed by atoms with E-state index in [1.807, 2.05) is 30.3 Å². The van der Waals surface area contributed by atoms with Crippen molar-refractivity contribution in [3.8, 4) is 5.75 Å². The molecule has 3 rings (SSSR count). The molecule has 0 aliphatic carbocycles. The fourth-order valence-electron chi connectivity index (χ4n) is 2.18. The van der Waals surface area contributed by atoms with E-state index in [1.165, 1.54) is 0 Å². The first-order chi connectivity index (χ1) is 10.3. The number of aromatic nitrogens is 2. The minimum atomic E-state index is -0.393. The lowest BCUT2D eigenvalue weighted by atomic mass is 10.1. The van der Waals surface area contributed by atoms with Crippen molar-refractivity contribution in [1.29, 1.82) is 0 Å². The molecule has 0 aliphatic rings. The van der Waals surface area contributed by atoms with Gasteiger partial charge in [-0.25, -0.2) is 4.79 Å². The first-order valence-electron chi connectivity index (χ1n) is 6.50. The maximum absolute atomic E-state index is 12.2. The SMILES string of the molecule is COc1ccccc1COC(=O)c1cccc2cn[nH]c12. The van der Waals surface area contributed by atoms with Crippen molar-refractivity contribution in [3.63, 3.8) is 0 Å². The molecule has 21 heavy (non-hydrogen) atoms. The van der Waals surface area contributed by atoms with Gasteiger partial charge in [0, 0.05) is 10.9 Å². The number of methoxy groups -OCH3 is 1. The van der Waals surface area contributed by atoms with Crippen LogP contribution in [0.3, 0.4) is 0 Å². The zero-order valence-electron chi connectivity index (χ0n) is 11.5. The average molecular weight is 282 g/mol. The normalized spacial score (nSPS) is 10.5. The molecule has 0 saturated heterocycles. The van der Waals surface area contributed by atoms with Gasteiger partial charge in [0.15, 0.2) is 0 Å². The van der Waals surface area contributed by atoms with E-state index in [2.05, 4.69) is 10.2 Å². The summed E-state index contributed by atoms with van der Waals surface area (Å²) in [6, 6.07) is 12.8. The summed E-state index contributed by atoms with van der Waals surface area (Å²) in [6.07, 6.45) is 1.67. The Bertz CT molecular complexity index is 780. The van der Waals surface area contributed by atoms with Crippen LogP contribution in [0.1, 0.15) is 15.9 Å². The summed E-state index contributed by atoms with van der Waals surface area (Å²) in [5.41, 5.74) is 1.98. The molecular weight excluding hydrogens is 268 g/mol. The molecule has 0 bridgehead atoms. The van der Waals surface area contributed by atoms with Gasteiger partial charge >= 0.3 is 5.97 Å². The third-order valence-corrected chi connectivity index (χ3v) is 3.25. The molecule has 5 nitrogen and oxygen atoms in total. The predicted octanol–water partition coefficient (Wildman–Crippen LogP) is 2.93. The van der Waals surface area contributed by atoms with Gasteiger partial charge in [-0.2, -0.15) is 5.10 Å². The van der Waals surface area contributed by atoms with E-state index < -0.39 is 5.97 Å². The van der Waals surface area contributed by atoms with Gasteiger partial charge in [0.05, 0.1) is 24.4 Å². The van der Waals surface area contributed by atoms with Gasteiger partial charge in [-0.1, -0.05) is 30.3 Å². The molecule has 1 N–H and O–H groups in total. The number of esters is 1. The van der Waals surface area contributed by atoms with E-state index in [1.54, 1.807) is 25.4 Å². The number of nitrogens with zero attached hydrogens (tertiary/aromatic N) is 1. The maximum atomic E-state index is 12.2. The standard InChI is InChI=1S/C16H14N2O3/c1-20-14-8-3-2-5-12(14)10-21-16(19)13-7-4-6-11-9-17-18-15(11)13/h2-9H,10H2,1H3,(H,17,18). The number of rotatable bonds is 4. The van der Waals surface area contributed by atoms with E-state index in [9.17, 15) is 4.79 Å². The Kier molecular flexibility index (Phi) is 3.55. The summed E-state index contributed by atoms with van der Waals surface area (Å²) in [6.45, 7) is 0.160. The van der Waals surface area contributed by atoms with E-state index in [0.717, 1.165) is 10.9 Å². The molecule has 0 atom stereocenters. The number of ether oxygens (including phenoxy) is 2. The van der Waals surface area contributed by atoms with E-state index >= 15 is 0 Å². The number of H-pyrrole nitrogens is 1. The number of hydrogen-bond donors (Lipinski definition) is 1. The second kappa shape index (κ2) is 5.66. The minimum Gasteiger partial charge on any atom is -0.496 e. The van der Waals surface area contributed by atoms with Crippen LogP contribution in [-0.4, -0.2) is 23.3 Å². The number of benzene rings is 2. The topological polar surface area (TPSA) is 64.2 Å². The monoisotopic (exact) mass is 282 g/mol. The third kappa shape index (κ3) is 2.58. The predicted molar refractivity (Wildman–Crippen MR) is 78.2 cm³/mol. The average Bonchev–Trinajstić information content (AvgIpc) is 3.01. The molecule has 0 saturated carbocycles. The molecule has 0 aliphatic heterocycles. The van der Waals surface area contributed by atoms with Crippen LogP contribution in [0.2, 0.25) is 0 Å². The van der Waals surface area contributed by atoms with Crippen LogP contribution in [0.25, 0.3) is 10.9 Å². The van der Waals surface area contributed by atoms with Crippen molar-refractivity contribution in [1.82, 2.24) is 10.2 Å². The fraction of sp³-hybridized carbons (Fsp3) is 0.125. The van der Waals surface area contributed by atoms with Gasteiger partial charge in [-0.05, 0) is 12.1 Å². The lowest BCUT2D eigenvalue weighted by molar-refractivity contribution is 0.0472. The molecule has 0 amide bonds. The molecule has 106 valence electrons. The molecular formula is C16H14N2O3. The van der Waals surface area contributed by atoms with Gasteiger partial charge in [-0.3, -0.25) is 5.10 Å². The van der Waals surface area contributed by atoms with E-state index in [0.29, 0.717) is 16.8 Å². The van der Waals surface area contributed by atoms with Crippen molar-refractivity contribution >= 4 is 16.9 Å². The summed E-state index contributed by atoms with van der Waals surface area (Å²) >= 11 is 0. The van der Waals surface area contributed by atoms with Crippen LogP contribution in [-0.2, 0) is 11.3 Å². The van der Waals surface area contributed by atoms with Crippen LogP contribution >= 0.6 is 0 Å². The third-order valence-electron chi connectivity index (χ3n) is 3.25. The Balaban J connectivity index is 1.79. The molecule has 2 aromatic carbocycles. The van der Waals surface area contributed by atoms with Crippen LogP contribution in [0.15, 0.2) is 48.7 Å². The zero-order valence-corrected chi connectivity index (χ0v) is 11.5. The summed E-state index contributed by atoms with van der Waals surface area (Å²) in [4.78, 5) is 12.2. The number of carbonyl (C=O) groups is 1. The number of aromatic amines is 1. The van der Waals surface area contributed by atoms with Crippen LogP contribution in [0.5, 0.6) is 5.75 Å². The number of para-hydroxylation sites is 2. The molecule has 0 spiro atoms. The number of nitrogens with one attached hydrogen (secondary N) is 1. The first kappa shape index (κ1) is 13.2. The molecule has 0 fully saturated rings. The Hall–Kier alpha value is -2.82. The summed E-state index contributed by atoms with van der Waals surface area (Å²) < 4.78 is 10.6. The van der Waals surface area contributed by atoms with Crippen molar-refractivity contribution in [2.45, 2.75) is 6.61 Å². The highest BCUT2D eigenvalue weighted by molar-refractivity contribution is 6.02. The highest BCUT2D eigenvalue weighted by Crippen LogP contribution is 2.20. The van der Waals surface area contributed by atoms with Gasteiger partial charge in [0.25, 0.3) is 0 Å². The van der Waals surface area contributed by atoms with E-state index in [-0.39, 0.29) is 6.61 Å². The van der Waals surface area contributed by atoms with Gasteiger partial charge in [0.2, 0.25) is 0 Å². The number of fused-ring (bicyclic) bond motifs is 1. The van der Waals surface area contributed by atoms with Crippen LogP contribution < -0.4 is 4.74 Å². The molecule has 0 unspecified atom stereocenters. The smallest absolute Gasteiger partial charge is 0.340 e. The number of carbonyl (C=O) groups excluding carboxylic acids is 1. The quantitative estimate of drug-likeness (QED) is 0.747. The van der Waals surface area contributed by atoms with Crippen molar-refractivity contribution in [2.24, 2.45) is 0 Å². The fourth-order valence-corrected chi connectivity index (χ4v) is 2.18.